The Hall–Kier alpha value is -2.19. The van der Waals surface area contributed by atoms with Gasteiger partial charge < -0.3 is 26.5 Å². The molecule has 0 saturated heterocycles. The molecular weight excluding hydrogens is 312 g/mol. The van der Waals surface area contributed by atoms with E-state index in [-0.39, 0.29) is 12.1 Å². The topological polar surface area (TPSA) is 109 Å². The Kier molecular flexibility index (Phi) is 4.73. The van der Waals surface area contributed by atoms with Crippen LogP contribution in [0.15, 0.2) is 23.3 Å². The minimum atomic E-state index is 0.105. The smallest absolute Gasteiger partial charge is 0.236 e. The predicted molar refractivity (Wildman–Crippen MR) is 93.2 cm³/mol. The van der Waals surface area contributed by atoms with Crippen LogP contribution in [0.5, 0.6) is 5.88 Å². The molecule has 0 aliphatic heterocycles. The van der Waals surface area contributed by atoms with E-state index in [0.717, 1.165) is 29.5 Å². The van der Waals surface area contributed by atoms with Gasteiger partial charge >= 0.3 is 0 Å². The number of nitrogens with one attached hydrogen (secondary N) is 3. The number of ether oxygens (including phenoxy) is 1. The summed E-state index contributed by atoms with van der Waals surface area (Å²) in [5, 5.41) is 15.3. The summed E-state index contributed by atoms with van der Waals surface area (Å²) < 4.78 is 7.02. The summed E-state index contributed by atoms with van der Waals surface area (Å²) in [6.45, 7) is 0. The monoisotopic (exact) mass is 332 g/mol. The molecule has 1 aliphatic carbocycles. The Labute approximate surface area is 138 Å². The molecule has 0 aromatic carbocycles. The molecule has 5 N–H and O–H groups in total. The van der Waals surface area contributed by atoms with Crippen molar-refractivity contribution in [3.05, 3.63) is 23.3 Å². The lowest BCUT2D eigenvalue weighted by molar-refractivity contribution is 0.203. The van der Waals surface area contributed by atoms with Crippen LogP contribution in [-0.2, 0) is 0 Å². The lowest BCUT2D eigenvalue weighted by Gasteiger charge is -2.14. The molecule has 2 aromatic rings. The Morgan fingerprint density at radius 1 is 1.48 bits per heavy atom. The Balaban J connectivity index is 1.88. The first-order valence-corrected chi connectivity index (χ1v) is 8.40. The minimum Gasteiger partial charge on any atom is -0.473 e. The Morgan fingerprint density at radius 2 is 2.35 bits per heavy atom. The highest BCUT2D eigenvalue weighted by Gasteiger charge is 2.25. The molecule has 1 fully saturated rings. The molecular formula is C15H20N6OS. The fourth-order valence-corrected chi connectivity index (χ4v) is 3.37. The van der Waals surface area contributed by atoms with Crippen molar-refractivity contribution in [2.24, 2.45) is 5.73 Å². The fraction of sp³-hybridized carbons (Fsp3) is 0.400. The summed E-state index contributed by atoms with van der Waals surface area (Å²) in [7, 11) is 1.77. The average Bonchev–Trinajstić information content (AvgIpc) is 3.15. The maximum atomic E-state index is 7.41. The van der Waals surface area contributed by atoms with Crippen LogP contribution in [0, 0.1) is 5.41 Å². The molecule has 2 aromatic heterocycles. The summed E-state index contributed by atoms with van der Waals surface area (Å²) in [6, 6.07) is 2.15. The normalized spacial score (nSPS) is 21.4. The van der Waals surface area contributed by atoms with Crippen molar-refractivity contribution in [1.29, 1.82) is 5.41 Å². The van der Waals surface area contributed by atoms with Crippen molar-refractivity contribution in [2.45, 2.75) is 31.4 Å². The second kappa shape index (κ2) is 6.93. The van der Waals surface area contributed by atoms with Crippen LogP contribution in [0.1, 0.15) is 19.3 Å². The van der Waals surface area contributed by atoms with Gasteiger partial charge in [-0.2, -0.15) is 4.98 Å². The molecule has 23 heavy (non-hydrogen) atoms. The van der Waals surface area contributed by atoms with Crippen molar-refractivity contribution < 1.29 is 4.74 Å². The second-order valence-corrected chi connectivity index (χ2v) is 6.37. The van der Waals surface area contributed by atoms with Gasteiger partial charge in [0.05, 0.1) is 11.2 Å². The highest BCUT2D eigenvalue weighted by Crippen LogP contribution is 2.32. The van der Waals surface area contributed by atoms with Crippen LogP contribution < -0.4 is 21.1 Å². The van der Waals surface area contributed by atoms with Crippen LogP contribution in [0.25, 0.3) is 10.2 Å². The van der Waals surface area contributed by atoms with Gasteiger partial charge in [-0.25, -0.2) is 4.98 Å². The Bertz CT molecular complexity index is 728. The fourth-order valence-electron chi connectivity index (χ4n) is 2.61. The number of fused-ring (bicyclic) bond motifs is 1. The molecule has 0 bridgehead atoms. The van der Waals surface area contributed by atoms with Crippen LogP contribution in [-0.4, -0.2) is 35.4 Å². The van der Waals surface area contributed by atoms with Gasteiger partial charge in [0, 0.05) is 25.5 Å². The summed E-state index contributed by atoms with van der Waals surface area (Å²) in [5.41, 5.74) is 7.35. The number of rotatable bonds is 6. The number of hydrogen-bond donors (Lipinski definition) is 4. The molecule has 0 amide bonds. The minimum absolute atomic E-state index is 0.105. The van der Waals surface area contributed by atoms with Gasteiger partial charge in [-0.3, -0.25) is 0 Å². The quantitative estimate of drug-likeness (QED) is 0.603. The van der Waals surface area contributed by atoms with Crippen LogP contribution in [0.3, 0.4) is 0 Å². The van der Waals surface area contributed by atoms with Crippen molar-refractivity contribution in [1.82, 2.24) is 15.3 Å². The molecule has 2 heterocycles. The first-order chi connectivity index (χ1) is 11.2. The van der Waals surface area contributed by atoms with E-state index in [1.807, 2.05) is 11.4 Å². The third-order valence-electron chi connectivity index (χ3n) is 3.69. The van der Waals surface area contributed by atoms with E-state index >= 15 is 0 Å². The maximum absolute atomic E-state index is 7.41. The SMILES string of the molecule is CN/C=C(\C=N)Nc1nc(OC2CCC(N)C2)c2sccc2n1. The first kappa shape index (κ1) is 15.7. The van der Waals surface area contributed by atoms with Crippen LogP contribution >= 0.6 is 11.3 Å². The summed E-state index contributed by atoms with van der Waals surface area (Å²) in [4.78, 5) is 8.95. The van der Waals surface area contributed by atoms with E-state index in [4.69, 9.17) is 15.9 Å². The highest BCUT2D eigenvalue weighted by molar-refractivity contribution is 7.17. The zero-order valence-electron chi connectivity index (χ0n) is 12.9. The van der Waals surface area contributed by atoms with Gasteiger partial charge in [0.1, 0.15) is 10.8 Å². The van der Waals surface area contributed by atoms with Gasteiger partial charge in [0.2, 0.25) is 11.8 Å². The molecule has 122 valence electrons. The molecule has 2 unspecified atom stereocenters. The number of hydrogen-bond acceptors (Lipinski definition) is 8. The number of nitrogens with two attached hydrogens (primary N) is 1. The standard InChI is InChI=1S/C15H20N6OS/c1-18-8-10(7-16)19-15-20-12-4-5-23-13(12)14(21-15)22-11-3-2-9(17)6-11/h4-5,7-9,11,16,18H,2-3,6,17H2,1H3,(H,19,20,21)/b10-8+,16-7?. The second-order valence-electron chi connectivity index (χ2n) is 5.46. The molecule has 0 radical (unpaired) electrons. The van der Waals surface area contributed by atoms with Crippen LogP contribution in [0.4, 0.5) is 5.95 Å². The number of aromatic nitrogens is 2. The lowest BCUT2D eigenvalue weighted by Crippen LogP contribution is -2.19. The van der Waals surface area contributed by atoms with E-state index in [1.165, 1.54) is 6.21 Å². The third-order valence-corrected chi connectivity index (χ3v) is 4.58. The molecule has 1 saturated carbocycles. The van der Waals surface area contributed by atoms with E-state index in [0.29, 0.717) is 17.5 Å². The zero-order chi connectivity index (χ0) is 16.2. The molecule has 7 nitrogen and oxygen atoms in total. The van der Waals surface area contributed by atoms with Gasteiger partial charge in [-0.05, 0) is 30.7 Å². The summed E-state index contributed by atoms with van der Waals surface area (Å²) in [6.07, 6.45) is 5.76. The summed E-state index contributed by atoms with van der Waals surface area (Å²) >= 11 is 1.56. The maximum Gasteiger partial charge on any atom is 0.236 e. The number of thiophene rings is 1. The Morgan fingerprint density at radius 3 is 3.04 bits per heavy atom. The van der Waals surface area contributed by atoms with E-state index in [9.17, 15) is 0 Å². The van der Waals surface area contributed by atoms with Gasteiger partial charge in [0.15, 0.2) is 0 Å². The average molecular weight is 332 g/mol. The third kappa shape index (κ3) is 3.59. The van der Waals surface area contributed by atoms with Crippen molar-refractivity contribution in [2.75, 3.05) is 12.4 Å². The van der Waals surface area contributed by atoms with Gasteiger partial charge in [-0.15, -0.1) is 11.3 Å². The van der Waals surface area contributed by atoms with Crippen LogP contribution in [0.2, 0.25) is 0 Å². The number of anilines is 1. The molecule has 2 atom stereocenters. The van der Waals surface area contributed by atoms with E-state index in [2.05, 4.69) is 20.6 Å². The van der Waals surface area contributed by atoms with Crippen molar-refractivity contribution >= 4 is 33.7 Å². The highest BCUT2D eigenvalue weighted by atomic mass is 32.1. The van der Waals surface area contributed by atoms with Gasteiger partial charge in [0.25, 0.3) is 0 Å². The summed E-state index contributed by atoms with van der Waals surface area (Å²) in [5.74, 6) is 0.999. The first-order valence-electron chi connectivity index (χ1n) is 7.52. The largest absolute Gasteiger partial charge is 0.473 e. The molecule has 1 aliphatic rings. The number of allylic oxidation sites excluding steroid dienone is 1. The van der Waals surface area contributed by atoms with Crippen molar-refractivity contribution in [3.63, 3.8) is 0 Å². The number of nitrogens with zero attached hydrogens (tertiary/aromatic N) is 2. The lowest BCUT2D eigenvalue weighted by atomic mass is 10.3. The molecule has 3 rings (SSSR count). The van der Waals surface area contributed by atoms with Gasteiger partial charge in [-0.1, -0.05) is 0 Å². The van der Waals surface area contributed by atoms with Crippen molar-refractivity contribution in [3.8, 4) is 5.88 Å². The van der Waals surface area contributed by atoms with E-state index < -0.39 is 0 Å². The molecule has 8 heteroatoms. The predicted octanol–water partition coefficient (Wildman–Crippen LogP) is 2.07. The van der Waals surface area contributed by atoms with E-state index in [1.54, 1.807) is 24.6 Å². The zero-order valence-corrected chi connectivity index (χ0v) is 13.7. The molecule has 0 spiro atoms.